The Hall–Kier alpha value is -1.69. The van der Waals surface area contributed by atoms with Crippen LogP contribution in [0.2, 0.25) is 0 Å². The van der Waals surface area contributed by atoms with Crippen molar-refractivity contribution in [3.8, 4) is 0 Å². The first-order chi connectivity index (χ1) is 11.1. The van der Waals surface area contributed by atoms with Crippen molar-refractivity contribution in [2.45, 2.75) is 46.0 Å². The zero-order valence-corrected chi connectivity index (χ0v) is 14.4. The molecule has 0 aromatic carbocycles. The molecule has 0 spiro atoms. The Morgan fingerprint density at radius 2 is 2.00 bits per heavy atom. The second kappa shape index (κ2) is 8.24. The summed E-state index contributed by atoms with van der Waals surface area (Å²) in [5, 5.41) is 9.75. The Balaban J connectivity index is 2.14. The van der Waals surface area contributed by atoms with E-state index in [1.807, 2.05) is 25.8 Å². The van der Waals surface area contributed by atoms with E-state index in [2.05, 4.69) is 15.5 Å². The van der Waals surface area contributed by atoms with E-state index in [4.69, 9.17) is 0 Å². The number of piperidine rings is 1. The molecule has 2 N–H and O–H groups in total. The summed E-state index contributed by atoms with van der Waals surface area (Å²) in [5.74, 6) is 0.534. The Bertz CT molecular complexity index is 589. The van der Waals surface area contributed by atoms with Crippen molar-refractivity contribution in [2.24, 2.45) is 5.92 Å². The maximum absolute atomic E-state index is 12.9. The number of aryl methyl sites for hydroxylation is 1. The lowest BCUT2D eigenvalue weighted by molar-refractivity contribution is 0.0683. The van der Waals surface area contributed by atoms with Gasteiger partial charge in [0.05, 0.1) is 5.69 Å². The molecule has 1 aromatic rings. The molecule has 1 fully saturated rings. The van der Waals surface area contributed by atoms with Gasteiger partial charge in [0.1, 0.15) is 5.56 Å². The van der Waals surface area contributed by atoms with E-state index in [1.54, 1.807) is 0 Å². The molecular formula is C17H28N4O2. The minimum absolute atomic E-state index is 0.132. The lowest BCUT2D eigenvalue weighted by atomic mass is 9.92. The van der Waals surface area contributed by atoms with Gasteiger partial charge in [-0.2, -0.15) is 5.10 Å². The second-order valence-corrected chi connectivity index (χ2v) is 6.19. The van der Waals surface area contributed by atoms with Crippen molar-refractivity contribution in [3.05, 3.63) is 27.2 Å². The fourth-order valence-corrected chi connectivity index (χ4v) is 3.35. The molecule has 1 amide bonds. The van der Waals surface area contributed by atoms with Crippen LogP contribution in [0.3, 0.4) is 0 Å². The van der Waals surface area contributed by atoms with Gasteiger partial charge in [-0.1, -0.05) is 13.8 Å². The molecule has 0 aliphatic carbocycles. The number of aromatic nitrogens is 2. The molecule has 23 heavy (non-hydrogen) atoms. The number of rotatable bonds is 6. The molecule has 0 bridgehead atoms. The number of aromatic amines is 1. The first-order valence-corrected chi connectivity index (χ1v) is 8.66. The number of hydrogen-bond acceptors (Lipinski definition) is 4. The number of hydrogen-bond donors (Lipinski definition) is 2. The van der Waals surface area contributed by atoms with Crippen LogP contribution in [0.5, 0.6) is 0 Å². The highest BCUT2D eigenvalue weighted by Crippen LogP contribution is 2.22. The Morgan fingerprint density at radius 3 is 2.57 bits per heavy atom. The molecule has 0 atom stereocenters. The van der Waals surface area contributed by atoms with Crippen LogP contribution in [0.4, 0.5) is 0 Å². The van der Waals surface area contributed by atoms with Crippen molar-refractivity contribution >= 4 is 5.91 Å². The van der Waals surface area contributed by atoms with Crippen LogP contribution in [0.25, 0.3) is 0 Å². The minimum Gasteiger partial charge on any atom is -0.338 e. The van der Waals surface area contributed by atoms with Gasteiger partial charge < -0.3 is 10.2 Å². The second-order valence-electron chi connectivity index (χ2n) is 6.19. The minimum atomic E-state index is -0.360. The number of nitrogens with one attached hydrogen (secondary N) is 2. The van der Waals surface area contributed by atoms with Crippen LogP contribution < -0.4 is 10.9 Å². The lowest BCUT2D eigenvalue weighted by Crippen LogP contribution is -2.42. The van der Waals surface area contributed by atoms with Crippen LogP contribution in [-0.4, -0.2) is 47.7 Å². The van der Waals surface area contributed by atoms with Crippen molar-refractivity contribution in [3.63, 3.8) is 0 Å². The number of likely N-dealkylation sites (tertiary alicyclic amines) is 1. The van der Waals surface area contributed by atoms with Gasteiger partial charge in [-0.3, -0.25) is 9.59 Å². The van der Waals surface area contributed by atoms with Gasteiger partial charge in [0.15, 0.2) is 0 Å². The van der Waals surface area contributed by atoms with E-state index in [1.165, 1.54) is 0 Å². The first kappa shape index (κ1) is 17.7. The number of H-pyrrole nitrogens is 1. The molecule has 1 saturated heterocycles. The first-order valence-electron chi connectivity index (χ1n) is 8.66. The predicted molar refractivity (Wildman–Crippen MR) is 90.8 cm³/mol. The third-order valence-electron chi connectivity index (χ3n) is 4.78. The van der Waals surface area contributed by atoms with Crippen molar-refractivity contribution in [2.75, 3.05) is 26.7 Å². The topological polar surface area (TPSA) is 78.1 Å². The summed E-state index contributed by atoms with van der Waals surface area (Å²) >= 11 is 0. The molecular weight excluding hydrogens is 292 g/mol. The molecule has 0 unspecified atom stereocenters. The van der Waals surface area contributed by atoms with Gasteiger partial charge >= 0.3 is 0 Å². The maximum atomic E-state index is 12.9. The molecule has 1 aliphatic rings. The highest BCUT2D eigenvalue weighted by atomic mass is 16.2. The fourth-order valence-electron chi connectivity index (χ4n) is 3.35. The highest BCUT2D eigenvalue weighted by molar-refractivity contribution is 5.95. The maximum Gasteiger partial charge on any atom is 0.277 e. The lowest BCUT2D eigenvalue weighted by Gasteiger charge is -2.32. The molecule has 1 aromatic heterocycles. The molecule has 0 radical (unpaired) electrons. The normalized spacial score (nSPS) is 15.9. The smallest absolute Gasteiger partial charge is 0.277 e. The van der Waals surface area contributed by atoms with E-state index < -0.39 is 0 Å². The molecule has 2 heterocycles. The highest BCUT2D eigenvalue weighted by Gasteiger charge is 2.27. The van der Waals surface area contributed by atoms with Crippen molar-refractivity contribution in [1.29, 1.82) is 0 Å². The molecule has 6 heteroatoms. The van der Waals surface area contributed by atoms with Crippen LogP contribution in [-0.2, 0) is 12.8 Å². The average molecular weight is 320 g/mol. The molecule has 1 aliphatic heterocycles. The summed E-state index contributed by atoms with van der Waals surface area (Å²) in [6.45, 7) is 6.44. The predicted octanol–water partition coefficient (Wildman–Crippen LogP) is 1.36. The summed E-state index contributed by atoms with van der Waals surface area (Å²) in [6, 6.07) is 0. The summed E-state index contributed by atoms with van der Waals surface area (Å²) in [4.78, 5) is 26.9. The number of carbonyl (C=O) groups excluding carboxylic acids is 1. The van der Waals surface area contributed by atoms with E-state index in [0.29, 0.717) is 24.3 Å². The average Bonchev–Trinajstić information content (AvgIpc) is 2.59. The van der Waals surface area contributed by atoms with Gasteiger partial charge in [-0.25, -0.2) is 5.10 Å². The zero-order valence-electron chi connectivity index (χ0n) is 14.4. The van der Waals surface area contributed by atoms with Gasteiger partial charge in [0.2, 0.25) is 0 Å². The number of amides is 1. The van der Waals surface area contributed by atoms with Crippen molar-refractivity contribution in [1.82, 2.24) is 20.4 Å². The van der Waals surface area contributed by atoms with Crippen LogP contribution >= 0.6 is 0 Å². The third-order valence-corrected chi connectivity index (χ3v) is 4.78. The van der Waals surface area contributed by atoms with E-state index >= 15 is 0 Å². The Kier molecular flexibility index (Phi) is 6.33. The molecule has 2 rings (SSSR count). The van der Waals surface area contributed by atoms with Gasteiger partial charge in [0.25, 0.3) is 11.5 Å². The van der Waals surface area contributed by atoms with Crippen LogP contribution in [0.15, 0.2) is 4.79 Å². The SMILES string of the molecule is CCc1n[nH]c(=O)c(C(=O)N2CCC(CCNC)CC2)c1CC. The van der Waals surface area contributed by atoms with Gasteiger partial charge in [-0.05, 0) is 57.2 Å². The van der Waals surface area contributed by atoms with Crippen molar-refractivity contribution < 1.29 is 4.79 Å². The standard InChI is InChI=1S/C17H28N4O2/c1-4-13-14(5-2)19-20-16(22)15(13)17(23)21-10-7-12(8-11-21)6-9-18-3/h12,18H,4-11H2,1-3H3,(H,20,22). The summed E-state index contributed by atoms with van der Waals surface area (Å²) in [5.41, 5.74) is 1.56. The van der Waals surface area contributed by atoms with Gasteiger partial charge in [0, 0.05) is 13.1 Å². The largest absolute Gasteiger partial charge is 0.338 e. The summed E-state index contributed by atoms with van der Waals surface area (Å²) in [6.07, 6.45) is 4.54. The van der Waals surface area contributed by atoms with E-state index in [0.717, 1.165) is 50.2 Å². The monoisotopic (exact) mass is 320 g/mol. The number of carbonyl (C=O) groups is 1. The summed E-state index contributed by atoms with van der Waals surface area (Å²) < 4.78 is 0. The van der Waals surface area contributed by atoms with E-state index in [-0.39, 0.29) is 11.5 Å². The molecule has 128 valence electrons. The molecule has 6 nitrogen and oxygen atoms in total. The third kappa shape index (κ3) is 3.99. The zero-order chi connectivity index (χ0) is 16.8. The van der Waals surface area contributed by atoms with E-state index in [9.17, 15) is 9.59 Å². The Morgan fingerprint density at radius 1 is 1.30 bits per heavy atom. The van der Waals surface area contributed by atoms with Crippen LogP contribution in [0.1, 0.15) is 54.7 Å². The van der Waals surface area contributed by atoms with Gasteiger partial charge in [-0.15, -0.1) is 0 Å². The molecule has 0 saturated carbocycles. The summed E-state index contributed by atoms with van der Waals surface area (Å²) in [7, 11) is 1.96. The fraction of sp³-hybridized carbons (Fsp3) is 0.706. The van der Waals surface area contributed by atoms with Crippen LogP contribution in [0, 0.1) is 5.92 Å². The Labute approximate surface area is 137 Å². The number of nitrogens with zero attached hydrogens (tertiary/aromatic N) is 2. The quantitative estimate of drug-likeness (QED) is 0.829.